The second-order valence-corrected chi connectivity index (χ2v) is 6.31. The number of hydrogen-bond donors (Lipinski definition) is 1. The van der Waals surface area contributed by atoms with Crippen LogP contribution in [0.5, 0.6) is 0 Å². The smallest absolute Gasteiger partial charge is 0.262 e. The lowest BCUT2D eigenvalue weighted by Gasteiger charge is -2.27. The average molecular weight is 323 g/mol. The molecule has 1 fully saturated rings. The Balaban J connectivity index is 1.99. The third-order valence-electron chi connectivity index (χ3n) is 2.82. The van der Waals surface area contributed by atoms with Crippen LogP contribution in [-0.4, -0.2) is 17.3 Å². The molecule has 1 N–H and O–H groups in total. The van der Waals surface area contributed by atoms with Crippen molar-refractivity contribution in [2.45, 2.75) is 37.1 Å². The van der Waals surface area contributed by atoms with Gasteiger partial charge in [-0.25, -0.2) is 0 Å². The summed E-state index contributed by atoms with van der Waals surface area (Å²) in [7, 11) is 0. The van der Waals surface area contributed by atoms with Crippen LogP contribution in [0.3, 0.4) is 0 Å². The van der Waals surface area contributed by atoms with Crippen LogP contribution in [0.1, 0.15) is 35.4 Å². The molecule has 5 heteroatoms. The molecule has 0 bridgehead atoms. The first-order valence-electron chi connectivity index (χ1n) is 5.36. The van der Waals surface area contributed by atoms with E-state index in [4.69, 9.17) is 11.6 Å². The maximum absolute atomic E-state index is 12.0. The summed E-state index contributed by atoms with van der Waals surface area (Å²) >= 11 is 11.0. The Labute approximate surface area is 113 Å². The van der Waals surface area contributed by atoms with E-state index in [2.05, 4.69) is 21.2 Å². The van der Waals surface area contributed by atoms with Crippen molar-refractivity contribution in [1.82, 2.24) is 5.32 Å². The first-order chi connectivity index (χ1) is 7.68. The van der Waals surface area contributed by atoms with E-state index in [9.17, 15) is 4.79 Å². The average Bonchev–Trinajstić information content (AvgIpc) is 2.68. The molecule has 0 saturated heterocycles. The summed E-state index contributed by atoms with van der Waals surface area (Å²) in [5.41, 5.74) is 0. The molecule has 16 heavy (non-hydrogen) atoms. The molecule has 1 aromatic heterocycles. The van der Waals surface area contributed by atoms with E-state index in [1.807, 2.05) is 11.4 Å². The number of nitrogens with one attached hydrogen (secondary N) is 1. The van der Waals surface area contributed by atoms with Crippen molar-refractivity contribution in [3.05, 3.63) is 20.8 Å². The van der Waals surface area contributed by atoms with Gasteiger partial charge in [0.25, 0.3) is 5.91 Å². The number of thiophene rings is 1. The fourth-order valence-corrected chi connectivity index (χ4v) is 3.74. The van der Waals surface area contributed by atoms with Crippen LogP contribution in [0.15, 0.2) is 15.9 Å². The molecule has 2 nitrogen and oxygen atoms in total. The molecule has 1 saturated carbocycles. The van der Waals surface area contributed by atoms with Gasteiger partial charge in [-0.2, -0.15) is 0 Å². The minimum Gasteiger partial charge on any atom is -0.347 e. The number of alkyl halides is 1. The van der Waals surface area contributed by atoms with E-state index >= 15 is 0 Å². The van der Waals surface area contributed by atoms with Gasteiger partial charge >= 0.3 is 0 Å². The number of halogens is 2. The van der Waals surface area contributed by atoms with Crippen LogP contribution in [0.2, 0.25) is 0 Å². The third-order valence-corrected chi connectivity index (χ3v) is 5.18. The molecular formula is C11H13BrClNOS. The minimum absolute atomic E-state index is 0.0144. The van der Waals surface area contributed by atoms with Crippen LogP contribution in [0.4, 0.5) is 0 Å². The van der Waals surface area contributed by atoms with Crippen molar-refractivity contribution in [3.8, 4) is 0 Å². The second kappa shape index (κ2) is 5.52. The zero-order valence-corrected chi connectivity index (χ0v) is 11.9. The van der Waals surface area contributed by atoms with E-state index in [1.165, 1.54) is 17.8 Å². The Morgan fingerprint density at radius 2 is 2.25 bits per heavy atom. The molecule has 2 unspecified atom stereocenters. The lowest BCUT2D eigenvalue weighted by molar-refractivity contribution is 0.0932. The van der Waals surface area contributed by atoms with Crippen LogP contribution in [0, 0.1) is 0 Å². The molecule has 1 heterocycles. The van der Waals surface area contributed by atoms with Gasteiger partial charge < -0.3 is 5.32 Å². The highest BCUT2D eigenvalue weighted by Crippen LogP contribution is 2.26. The van der Waals surface area contributed by atoms with Gasteiger partial charge in [0, 0.05) is 10.5 Å². The number of rotatable bonds is 2. The molecule has 88 valence electrons. The van der Waals surface area contributed by atoms with Crippen molar-refractivity contribution >= 4 is 44.8 Å². The third kappa shape index (κ3) is 2.79. The van der Waals surface area contributed by atoms with Crippen molar-refractivity contribution < 1.29 is 4.79 Å². The topological polar surface area (TPSA) is 29.1 Å². The van der Waals surface area contributed by atoms with Gasteiger partial charge in [0.1, 0.15) is 4.88 Å². The van der Waals surface area contributed by atoms with E-state index in [1.54, 1.807) is 0 Å². The Morgan fingerprint density at radius 3 is 2.88 bits per heavy atom. The Bertz CT molecular complexity index is 382. The molecular weight excluding hydrogens is 310 g/mol. The molecule has 0 spiro atoms. The summed E-state index contributed by atoms with van der Waals surface area (Å²) in [5, 5.41) is 5.00. The standard InChI is InChI=1S/C11H13BrClNOS/c12-7-5-6-16-10(7)11(15)14-9-4-2-1-3-8(9)13/h5-6,8-9H,1-4H2,(H,14,15). The van der Waals surface area contributed by atoms with E-state index in [0.717, 1.165) is 28.6 Å². The van der Waals surface area contributed by atoms with Crippen LogP contribution >= 0.6 is 38.9 Å². The van der Waals surface area contributed by atoms with Crippen molar-refractivity contribution in [1.29, 1.82) is 0 Å². The largest absolute Gasteiger partial charge is 0.347 e. The SMILES string of the molecule is O=C(NC1CCCCC1Cl)c1sccc1Br. The maximum atomic E-state index is 12.0. The fourth-order valence-electron chi connectivity index (χ4n) is 1.94. The normalized spacial score (nSPS) is 25.4. The number of amides is 1. The summed E-state index contributed by atoms with van der Waals surface area (Å²) in [6.07, 6.45) is 4.31. The molecule has 0 aliphatic heterocycles. The molecule has 1 aliphatic rings. The highest BCUT2D eigenvalue weighted by atomic mass is 79.9. The molecule has 2 atom stereocenters. The summed E-state index contributed by atoms with van der Waals surface area (Å²) in [6.45, 7) is 0. The molecule has 1 amide bonds. The Kier molecular flexibility index (Phi) is 4.27. The predicted molar refractivity (Wildman–Crippen MR) is 71.4 cm³/mol. The van der Waals surface area contributed by atoms with Crippen LogP contribution in [0.25, 0.3) is 0 Å². The minimum atomic E-state index is -0.0144. The number of hydrogen-bond acceptors (Lipinski definition) is 2. The second-order valence-electron chi connectivity index (χ2n) is 3.98. The van der Waals surface area contributed by atoms with Gasteiger partial charge in [-0.05, 0) is 40.2 Å². The Hall–Kier alpha value is -0.0600. The summed E-state index contributed by atoms with van der Waals surface area (Å²) < 4.78 is 0.858. The summed E-state index contributed by atoms with van der Waals surface area (Å²) in [5.74, 6) is -0.0144. The van der Waals surface area contributed by atoms with Crippen molar-refractivity contribution in [3.63, 3.8) is 0 Å². The quantitative estimate of drug-likeness (QED) is 0.825. The lowest BCUT2D eigenvalue weighted by atomic mass is 9.95. The van der Waals surface area contributed by atoms with Gasteiger partial charge in [-0.15, -0.1) is 22.9 Å². The van der Waals surface area contributed by atoms with Gasteiger partial charge in [0.2, 0.25) is 0 Å². The van der Waals surface area contributed by atoms with E-state index in [-0.39, 0.29) is 17.3 Å². The van der Waals surface area contributed by atoms with Gasteiger partial charge in [-0.3, -0.25) is 4.79 Å². The maximum Gasteiger partial charge on any atom is 0.262 e. The van der Waals surface area contributed by atoms with Gasteiger partial charge in [-0.1, -0.05) is 12.8 Å². The summed E-state index contributed by atoms with van der Waals surface area (Å²) in [4.78, 5) is 12.7. The predicted octanol–water partition coefficient (Wildman–Crippen LogP) is 3.79. The van der Waals surface area contributed by atoms with Crippen molar-refractivity contribution in [2.24, 2.45) is 0 Å². The molecule has 0 aromatic carbocycles. The van der Waals surface area contributed by atoms with Gasteiger partial charge in [0.05, 0.1) is 5.38 Å². The molecule has 1 aromatic rings. The molecule has 0 radical (unpaired) electrons. The van der Waals surface area contributed by atoms with E-state index < -0.39 is 0 Å². The first kappa shape index (κ1) is 12.4. The molecule has 1 aliphatic carbocycles. The summed E-state index contributed by atoms with van der Waals surface area (Å²) in [6, 6.07) is 2.01. The zero-order valence-electron chi connectivity index (χ0n) is 8.71. The first-order valence-corrected chi connectivity index (χ1v) is 7.47. The lowest BCUT2D eigenvalue weighted by Crippen LogP contribution is -2.42. The highest BCUT2D eigenvalue weighted by molar-refractivity contribution is 9.10. The highest BCUT2D eigenvalue weighted by Gasteiger charge is 2.25. The van der Waals surface area contributed by atoms with E-state index in [0.29, 0.717) is 0 Å². The zero-order chi connectivity index (χ0) is 11.5. The number of carbonyl (C=O) groups is 1. The monoisotopic (exact) mass is 321 g/mol. The van der Waals surface area contributed by atoms with Gasteiger partial charge in [0.15, 0.2) is 0 Å². The fraction of sp³-hybridized carbons (Fsp3) is 0.545. The van der Waals surface area contributed by atoms with Crippen LogP contribution < -0.4 is 5.32 Å². The number of carbonyl (C=O) groups excluding carboxylic acids is 1. The van der Waals surface area contributed by atoms with Crippen molar-refractivity contribution in [2.75, 3.05) is 0 Å². The molecule has 2 rings (SSSR count). The Morgan fingerprint density at radius 1 is 1.50 bits per heavy atom. The van der Waals surface area contributed by atoms with Crippen LogP contribution in [-0.2, 0) is 0 Å².